The lowest BCUT2D eigenvalue weighted by Crippen LogP contribution is -2.18. The molecule has 1 aromatic carbocycles. The Kier molecular flexibility index (Phi) is 6.13. The number of carbonyl (C=O) groups excluding carboxylic acids is 1. The lowest BCUT2D eigenvalue weighted by Gasteiger charge is -2.21. The van der Waals surface area contributed by atoms with Gasteiger partial charge in [-0.2, -0.15) is 0 Å². The number of amides is 1. The van der Waals surface area contributed by atoms with Crippen LogP contribution in [0.25, 0.3) is 5.57 Å². The van der Waals surface area contributed by atoms with E-state index in [1.54, 1.807) is 12.1 Å². The van der Waals surface area contributed by atoms with E-state index in [0.717, 1.165) is 49.7 Å². The number of ether oxygens (including phenoxy) is 1. The maximum atomic E-state index is 13.3. The van der Waals surface area contributed by atoms with Crippen LogP contribution in [0.2, 0.25) is 4.34 Å². The molecule has 1 N–H and O–H groups in total. The second kappa shape index (κ2) is 8.89. The van der Waals surface area contributed by atoms with E-state index in [1.165, 1.54) is 17.5 Å². The van der Waals surface area contributed by atoms with Crippen molar-refractivity contribution >= 4 is 49.4 Å². The van der Waals surface area contributed by atoms with Crippen molar-refractivity contribution in [3.63, 3.8) is 0 Å². The van der Waals surface area contributed by atoms with Crippen molar-refractivity contribution in [3.8, 4) is 0 Å². The van der Waals surface area contributed by atoms with E-state index in [2.05, 4.69) is 10.3 Å². The van der Waals surface area contributed by atoms with E-state index < -0.39 is 9.84 Å². The van der Waals surface area contributed by atoms with Gasteiger partial charge in [-0.3, -0.25) is 10.1 Å². The molecule has 2 aliphatic carbocycles. The maximum absolute atomic E-state index is 13.3. The molecule has 1 aliphatic heterocycles. The highest BCUT2D eigenvalue weighted by molar-refractivity contribution is 7.92. The number of nitrogens with one attached hydrogen (secondary N) is 1. The van der Waals surface area contributed by atoms with Crippen molar-refractivity contribution in [2.75, 3.05) is 18.5 Å². The number of sulfone groups is 1. The van der Waals surface area contributed by atoms with Gasteiger partial charge in [-0.1, -0.05) is 35.1 Å². The summed E-state index contributed by atoms with van der Waals surface area (Å²) < 4.78 is 32.0. The fraction of sp³-hybridized carbons (Fsp3) is 0.478. The van der Waals surface area contributed by atoms with Crippen LogP contribution >= 0.6 is 22.9 Å². The van der Waals surface area contributed by atoms with Gasteiger partial charge in [-0.15, -0.1) is 0 Å². The highest BCUT2D eigenvalue weighted by Gasteiger charge is 2.40. The van der Waals surface area contributed by atoms with E-state index in [9.17, 15) is 13.2 Å². The summed E-state index contributed by atoms with van der Waals surface area (Å²) >= 11 is 7.17. The lowest BCUT2D eigenvalue weighted by molar-refractivity contribution is -0.111. The van der Waals surface area contributed by atoms with E-state index >= 15 is 0 Å². The number of anilines is 1. The van der Waals surface area contributed by atoms with Crippen LogP contribution < -0.4 is 5.32 Å². The minimum atomic E-state index is -3.30. The van der Waals surface area contributed by atoms with E-state index in [0.29, 0.717) is 33.2 Å². The van der Waals surface area contributed by atoms with Crippen molar-refractivity contribution in [2.24, 2.45) is 5.92 Å². The molecule has 0 radical (unpaired) electrons. The highest BCUT2D eigenvalue weighted by atomic mass is 35.5. The molecule has 0 spiro atoms. The first-order chi connectivity index (χ1) is 15.4. The van der Waals surface area contributed by atoms with Gasteiger partial charge in [0, 0.05) is 18.8 Å². The normalized spacial score (nSPS) is 20.3. The van der Waals surface area contributed by atoms with Crippen molar-refractivity contribution < 1.29 is 17.9 Å². The van der Waals surface area contributed by atoms with Crippen LogP contribution in [0, 0.1) is 5.92 Å². The second-order valence-electron chi connectivity index (χ2n) is 8.73. The molecule has 2 aromatic rings. The number of nitrogens with zero attached hydrogens (tertiary/aromatic N) is 1. The summed E-state index contributed by atoms with van der Waals surface area (Å²) in [6, 6.07) is 5.41. The van der Waals surface area contributed by atoms with Crippen molar-refractivity contribution in [1.82, 2.24) is 4.98 Å². The third-order valence-corrected chi connectivity index (χ3v) is 9.58. The van der Waals surface area contributed by atoms with Crippen molar-refractivity contribution in [2.45, 2.75) is 54.6 Å². The van der Waals surface area contributed by atoms with Crippen LogP contribution in [-0.4, -0.2) is 37.8 Å². The van der Waals surface area contributed by atoms with Crippen LogP contribution in [0.3, 0.4) is 0 Å². The fourth-order valence-corrected chi connectivity index (χ4v) is 6.88. The number of rotatable bonds is 7. The average molecular weight is 493 g/mol. The number of halogens is 1. The Balaban J connectivity index is 1.52. The minimum absolute atomic E-state index is 0.226. The molecule has 6 nitrogen and oxygen atoms in total. The van der Waals surface area contributed by atoms with Crippen molar-refractivity contribution in [1.29, 1.82) is 0 Å². The van der Waals surface area contributed by atoms with Crippen LogP contribution in [-0.2, 0) is 19.4 Å². The number of hydrogen-bond donors (Lipinski definition) is 1. The first-order valence-electron chi connectivity index (χ1n) is 11.0. The Morgan fingerprint density at radius 1 is 1.16 bits per heavy atom. The zero-order chi connectivity index (χ0) is 22.3. The lowest BCUT2D eigenvalue weighted by atomic mass is 9.93. The monoisotopic (exact) mass is 492 g/mol. The van der Waals surface area contributed by atoms with E-state index in [4.69, 9.17) is 16.3 Å². The minimum Gasteiger partial charge on any atom is -0.381 e. The number of allylic oxidation sites excluding steroid dienone is 1. The third-order valence-electron chi connectivity index (χ3n) is 6.22. The zero-order valence-electron chi connectivity index (χ0n) is 17.6. The number of benzene rings is 1. The number of aromatic nitrogens is 1. The smallest absolute Gasteiger partial charge is 0.257 e. The van der Waals surface area contributed by atoms with Crippen molar-refractivity contribution in [3.05, 3.63) is 45.9 Å². The SMILES string of the molecule is O=C(Nc1ncc(Cl)s1)/C(=C/C1CCOCC1)c1ccc(S(=O)(=O)C2CC2)c(C2CC2)c1. The third kappa shape index (κ3) is 4.78. The van der Waals surface area contributed by atoms with Gasteiger partial charge < -0.3 is 4.74 Å². The fourth-order valence-electron chi connectivity index (χ4n) is 4.14. The topological polar surface area (TPSA) is 85.4 Å². The first kappa shape index (κ1) is 22.1. The average Bonchev–Trinajstić information content (AvgIpc) is 3.70. The summed E-state index contributed by atoms with van der Waals surface area (Å²) in [5, 5.41) is 3.04. The summed E-state index contributed by atoms with van der Waals surface area (Å²) in [4.78, 5) is 17.9. The van der Waals surface area contributed by atoms with E-state index in [1.807, 2.05) is 12.1 Å². The van der Waals surface area contributed by atoms with Gasteiger partial charge in [-0.05, 0) is 73.6 Å². The summed E-state index contributed by atoms with van der Waals surface area (Å²) in [6.45, 7) is 1.34. The molecule has 32 heavy (non-hydrogen) atoms. The van der Waals surface area contributed by atoms with Crippen LogP contribution in [0.1, 0.15) is 55.6 Å². The number of hydrogen-bond acceptors (Lipinski definition) is 6. The molecule has 170 valence electrons. The second-order valence-corrected chi connectivity index (χ2v) is 12.6. The standard InChI is InChI=1S/C23H25ClN2O4S2/c24-21-13-25-23(31-21)26-22(27)19(11-14-7-9-30-10-8-14)16-3-6-20(18(12-16)15-1-2-15)32(28,29)17-4-5-17/h3,6,11-15,17H,1-2,4-5,7-10H2,(H,25,26,27)/b19-11+. The molecular weight excluding hydrogens is 468 g/mol. The van der Waals surface area contributed by atoms with Crippen LogP contribution in [0.15, 0.2) is 35.4 Å². The summed E-state index contributed by atoms with van der Waals surface area (Å²) in [7, 11) is -3.30. The molecular formula is C23H25ClN2O4S2. The summed E-state index contributed by atoms with van der Waals surface area (Å²) in [6.07, 6.45) is 8.66. The van der Waals surface area contributed by atoms with Crippen LogP contribution in [0.5, 0.6) is 0 Å². The quantitative estimate of drug-likeness (QED) is 0.546. The predicted octanol–water partition coefficient (Wildman–Crippen LogP) is 5.06. The largest absolute Gasteiger partial charge is 0.381 e. The Bertz CT molecular complexity index is 1160. The van der Waals surface area contributed by atoms with Gasteiger partial charge in [-0.25, -0.2) is 13.4 Å². The van der Waals surface area contributed by atoms with Gasteiger partial charge in [0.15, 0.2) is 15.0 Å². The van der Waals surface area contributed by atoms with E-state index in [-0.39, 0.29) is 23.0 Å². The molecule has 1 saturated heterocycles. The Morgan fingerprint density at radius 3 is 2.53 bits per heavy atom. The highest BCUT2D eigenvalue weighted by Crippen LogP contribution is 2.46. The molecule has 3 aliphatic rings. The predicted molar refractivity (Wildman–Crippen MR) is 126 cm³/mol. The zero-order valence-corrected chi connectivity index (χ0v) is 19.9. The Morgan fingerprint density at radius 2 is 1.91 bits per heavy atom. The Hall–Kier alpha value is -1.74. The number of thiazole rings is 1. The molecule has 1 aromatic heterocycles. The Labute approximate surface area is 197 Å². The first-order valence-corrected chi connectivity index (χ1v) is 13.8. The molecule has 0 atom stereocenters. The molecule has 2 heterocycles. The number of carbonyl (C=O) groups is 1. The van der Waals surface area contributed by atoms with Gasteiger partial charge >= 0.3 is 0 Å². The van der Waals surface area contributed by atoms with Gasteiger partial charge in [0.1, 0.15) is 4.34 Å². The molecule has 1 amide bonds. The molecule has 5 rings (SSSR count). The molecule has 0 unspecified atom stereocenters. The van der Waals surface area contributed by atoms with Crippen LogP contribution in [0.4, 0.5) is 5.13 Å². The summed E-state index contributed by atoms with van der Waals surface area (Å²) in [5.74, 6) is 0.217. The maximum Gasteiger partial charge on any atom is 0.257 e. The molecule has 2 saturated carbocycles. The van der Waals surface area contributed by atoms with Gasteiger partial charge in [0.2, 0.25) is 0 Å². The van der Waals surface area contributed by atoms with Gasteiger partial charge in [0.25, 0.3) is 5.91 Å². The molecule has 3 fully saturated rings. The molecule has 9 heteroatoms. The molecule has 0 bridgehead atoms. The summed E-state index contributed by atoms with van der Waals surface area (Å²) in [5.41, 5.74) is 2.14. The van der Waals surface area contributed by atoms with Gasteiger partial charge in [0.05, 0.1) is 16.3 Å².